The summed E-state index contributed by atoms with van der Waals surface area (Å²) in [6, 6.07) is 12.0. The molecule has 1 fully saturated rings. The van der Waals surface area contributed by atoms with Crippen molar-refractivity contribution < 1.29 is 18.1 Å². The number of amides is 2. The number of carbonyl (C=O) groups excluding carboxylic acids is 1. The zero-order chi connectivity index (χ0) is 20.2. The van der Waals surface area contributed by atoms with E-state index in [1.165, 1.54) is 18.2 Å². The van der Waals surface area contributed by atoms with Crippen molar-refractivity contribution >= 4 is 11.7 Å². The zero-order valence-electron chi connectivity index (χ0n) is 15.6. The van der Waals surface area contributed by atoms with Crippen LogP contribution in [0.5, 0.6) is 0 Å². The first-order chi connectivity index (χ1) is 14.1. The Kier molecular flexibility index (Phi) is 5.50. The minimum Gasteiger partial charge on any atom is -0.339 e. The van der Waals surface area contributed by atoms with Crippen molar-refractivity contribution in [1.82, 2.24) is 15.0 Å². The van der Waals surface area contributed by atoms with Gasteiger partial charge in [0.1, 0.15) is 11.6 Å². The molecule has 0 spiro atoms. The van der Waals surface area contributed by atoms with E-state index < -0.39 is 11.6 Å². The molecule has 3 aromatic rings. The van der Waals surface area contributed by atoms with Gasteiger partial charge in [-0.2, -0.15) is 4.98 Å². The van der Waals surface area contributed by atoms with Gasteiger partial charge in [-0.15, -0.1) is 0 Å². The fraction of sp³-hybridized carbons (Fsp3) is 0.286. The normalized spacial score (nSPS) is 16.6. The highest BCUT2D eigenvalue weighted by molar-refractivity contribution is 5.89. The number of halogens is 2. The maximum Gasteiger partial charge on any atom is 0.321 e. The number of rotatable bonds is 4. The minimum absolute atomic E-state index is 0.129. The minimum atomic E-state index is -0.471. The number of likely N-dealkylation sites (tertiary alicyclic amines) is 1. The number of nitrogens with one attached hydrogen (secondary N) is 1. The van der Waals surface area contributed by atoms with E-state index >= 15 is 0 Å². The van der Waals surface area contributed by atoms with Crippen LogP contribution < -0.4 is 5.32 Å². The first-order valence-corrected chi connectivity index (χ1v) is 9.48. The van der Waals surface area contributed by atoms with Gasteiger partial charge in [-0.05, 0) is 43.0 Å². The van der Waals surface area contributed by atoms with Crippen molar-refractivity contribution in [2.24, 2.45) is 5.92 Å². The number of urea groups is 1. The van der Waals surface area contributed by atoms with Crippen molar-refractivity contribution in [3.05, 3.63) is 66.1 Å². The maximum atomic E-state index is 13.9. The molecule has 1 saturated heterocycles. The monoisotopic (exact) mass is 398 g/mol. The van der Waals surface area contributed by atoms with Crippen molar-refractivity contribution in [3.8, 4) is 11.4 Å². The van der Waals surface area contributed by atoms with Crippen LogP contribution in [0.15, 0.2) is 53.1 Å². The lowest BCUT2D eigenvalue weighted by atomic mass is 9.95. The number of piperidine rings is 1. The smallest absolute Gasteiger partial charge is 0.321 e. The van der Waals surface area contributed by atoms with Gasteiger partial charge >= 0.3 is 6.03 Å². The highest BCUT2D eigenvalue weighted by Crippen LogP contribution is 2.24. The standard InChI is InChI=1S/C21H20F2N4O2/c22-16-8-2-1-7-15(16)20-25-19(29-26-20)12-14-6-5-11-27(13-14)21(28)24-18-10-4-3-9-17(18)23/h1-4,7-10,14H,5-6,11-13H2,(H,24,28). The number of hydrogen-bond donors (Lipinski definition) is 1. The molecule has 1 aromatic heterocycles. The van der Waals surface area contributed by atoms with Crippen molar-refractivity contribution in [2.45, 2.75) is 19.3 Å². The summed E-state index contributed by atoms with van der Waals surface area (Å²) in [5, 5.41) is 6.49. The van der Waals surface area contributed by atoms with E-state index in [0.717, 1.165) is 12.8 Å². The van der Waals surface area contributed by atoms with E-state index in [-0.39, 0.29) is 29.0 Å². The van der Waals surface area contributed by atoms with E-state index in [2.05, 4.69) is 15.5 Å². The Morgan fingerprint density at radius 1 is 1.14 bits per heavy atom. The van der Waals surface area contributed by atoms with Gasteiger partial charge < -0.3 is 14.7 Å². The number of hydrogen-bond acceptors (Lipinski definition) is 4. The molecule has 1 aliphatic heterocycles. The Bertz CT molecular complexity index is 1010. The Hall–Kier alpha value is -3.29. The number of carbonyl (C=O) groups is 1. The molecule has 0 saturated carbocycles. The third kappa shape index (κ3) is 4.42. The number of nitrogens with zero attached hydrogens (tertiary/aromatic N) is 3. The summed E-state index contributed by atoms with van der Waals surface area (Å²) in [5.74, 6) is -0.133. The lowest BCUT2D eigenvalue weighted by Crippen LogP contribution is -2.43. The van der Waals surface area contributed by atoms with E-state index in [9.17, 15) is 13.6 Å². The molecule has 1 unspecified atom stereocenters. The molecule has 2 amide bonds. The summed E-state index contributed by atoms with van der Waals surface area (Å²) in [4.78, 5) is 18.5. The van der Waals surface area contributed by atoms with Crippen molar-refractivity contribution in [1.29, 1.82) is 0 Å². The fourth-order valence-corrected chi connectivity index (χ4v) is 3.51. The second-order valence-corrected chi connectivity index (χ2v) is 7.06. The summed E-state index contributed by atoms with van der Waals surface area (Å²) in [6.45, 7) is 1.10. The van der Waals surface area contributed by atoms with Gasteiger partial charge in [0.15, 0.2) is 0 Å². The summed E-state index contributed by atoms with van der Waals surface area (Å²) in [5.41, 5.74) is 0.447. The van der Waals surface area contributed by atoms with Gasteiger partial charge in [0.25, 0.3) is 0 Å². The second kappa shape index (κ2) is 8.38. The van der Waals surface area contributed by atoms with E-state index in [1.54, 1.807) is 35.2 Å². The van der Waals surface area contributed by atoms with E-state index in [1.807, 2.05) is 0 Å². The van der Waals surface area contributed by atoms with Crippen LogP contribution in [-0.2, 0) is 6.42 Å². The molecule has 8 heteroatoms. The molecule has 0 radical (unpaired) electrons. The van der Waals surface area contributed by atoms with Crippen molar-refractivity contribution in [2.75, 3.05) is 18.4 Å². The SMILES string of the molecule is O=C(Nc1ccccc1F)N1CCCC(Cc2nc(-c3ccccc3F)no2)C1. The Morgan fingerprint density at radius 2 is 1.90 bits per heavy atom. The molecule has 150 valence electrons. The molecule has 0 bridgehead atoms. The number of anilines is 1. The van der Waals surface area contributed by atoms with Gasteiger partial charge in [-0.1, -0.05) is 29.4 Å². The molecular formula is C21H20F2N4O2. The average molecular weight is 398 g/mol. The highest BCUT2D eigenvalue weighted by Gasteiger charge is 2.26. The first kappa shape index (κ1) is 19.0. The predicted molar refractivity (Wildman–Crippen MR) is 103 cm³/mol. The molecule has 0 aliphatic carbocycles. The highest BCUT2D eigenvalue weighted by atomic mass is 19.1. The molecule has 29 heavy (non-hydrogen) atoms. The van der Waals surface area contributed by atoms with Crippen LogP contribution in [0.3, 0.4) is 0 Å². The fourth-order valence-electron chi connectivity index (χ4n) is 3.51. The number of para-hydroxylation sites is 1. The summed E-state index contributed by atoms with van der Waals surface area (Å²) >= 11 is 0. The predicted octanol–water partition coefficient (Wildman–Crippen LogP) is 4.50. The average Bonchev–Trinajstić information content (AvgIpc) is 3.18. The van der Waals surface area contributed by atoms with Crippen LogP contribution in [-0.4, -0.2) is 34.2 Å². The van der Waals surface area contributed by atoms with Crippen LogP contribution in [0.2, 0.25) is 0 Å². The van der Waals surface area contributed by atoms with Gasteiger partial charge in [0, 0.05) is 19.5 Å². The van der Waals surface area contributed by atoms with Gasteiger partial charge in [-0.25, -0.2) is 13.6 Å². The molecule has 1 atom stereocenters. The molecule has 2 heterocycles. The maximum absolute atomic E-state index is 13.9. The lowest BCUT2D eigenvalue weighted by molar-refractivity contribution is 0.173. The van der Waals surface area contributed by atoms with Crippen molar-refractivity contribution in [3.63, 3.8) is 0 Å². The number of aromatic nitrogens is 2. The molecule has 2 aromatic carbocycles. The number of benzene rings is 2. The Balaban J connectivity index is 1.39. The van der Waals surface area contributed by atoms with Gasteiger partial charge in [0.05, 0.1) is 11.3 Å². The molecular weight excluding hydrogens is 378 g/mol. The van der Waals surface area contributed by atoms with E-state index in [0.29, 0.717) is 25.4 Å². The topological polar surface area (TPSA) is 71.3 Å². The zero-order valence-corrected chi connectivity index (χ0v) is 15.6. The second-order valence-electron chi connectivity index (χ2n) is 7.06. The van der Waals surface area contributed by atoms with Crippen LogP contribution in [0.1, 0.15) is 18.7 Å². The van der Waals surface area contributed by atoms with Crippen LogP contribution in [0, 0.1) is 17.6 Å². The van der Waals surface area contributed by atoms with Gasteiger partial charge in [0.2, 0.25) is 11.7 Å². The Labute approximate surface area is 166 Å². The first-order valence-electron chi connectivity index (χ1n) is 9.48. The van der Waals surface area contributed by atoms with E-state index in [4.69, 9.17) is 4.52 Å². The summed E-state index contributed by atoms with van der Waals surface area (Å²) in [7, 11) is 0. The van der Waals surface area contributed by atoms with Crippen LogP contribution in [0.4, 0.5) is 19.3 Å². The quantitative estimate of drug-likeness (QED) is 0.702. The molecule has 1 aliphatic rings. The molecule has 1 N–H and O–H groups in total. The lowest BCUT2D eigenvalue weighted by Gasteiger charge is -2.32. The van der Waals surface area contributed by atoms with Gasteiger partial charge in [-0.3, -0.25) is 0 Å². The van der Waals surface area contributed by atoms with Crippen LogP contribution >= 0.6 is 0 Å². The third-order valence-electron chi connectivity index (χ3n) is 4.97. The Morgan fingerprint density at radius 3 is 2.69 bits per heavy atom. The molecule has 4 rings (SSSR count). The molecule has 6 nitrogen and oxygen atoms in total. The third-order valence-corrected chi connectivity index (χ3v) is 4.97. The summed E-state index contributed by atoms with van der Waals surface area (Å²) in [6.07, 6.45) is 2.22. The largest absolute Gasteiger partial charge is 0.339 e. The summed E-state index contributed by atoms with van der Waals surface area (Å²) < 4.78 is 32.9. The van der Waals surface area contributed by atoms with Crippen LogP contribution in [0.25, 0.3) is 11.4 Å².